The summed E-state index contributed by atoms with van der Waals surface area (Å²) in [7, 11) is 0. The van der Waals surface area contributed by atoms with Crippen LogP contribution in [0, 0.1) is 11.6 Å². The van der Waals surface area contributed by atoms with E-state index < -0.39 is 23.3 Å². The lowest BCUT2D eigenvalue weighted by molar-refractivity contribution is 0.207. The smallest absolute Gasteiger partial charge is 0.376 e. The van der Waals surface area contributed by atoms with Crippen molar-refractivity contribution >= 4 is 27.9 Å². The number of nitrogens with one attached hydrogen (secondary N) is 2. The highest BCUT2D eigenvalue weighted by molar-refractivity contribution is 5.85. The Labute approximate surface area is 184 Å². The van der Waals surface area contributed by atoms with Crippen LogP contribution in [-0.2, 0) is 6.42 Å². The molecular formula is C23H15F2N5O3. The Morgan fingerprint density at radius 2 is 1.88 bits per heavy atom. The molecule has 0 aliphatic heterocycles. The zero-order chi connectivity index (χ0) is 23.1. The summed E-state index contributed by atoms with van der Waals surface area (Å²) in [6.07, 6.45) is -0.716. The van der Waals surface area contributed by atoms with E-state index in [1.165, 1.54) is 18.2 Å². The number of H-pyrrole nitrogens is 2. The Morgan fingerprint density at radius 1 is 1.03 bits per heavy atom. The van der Waals surface area contributed by atoms with Gasteiger partial charge in [0, 0.05) is 17.4 Å². The molecule has 33 heavy (non-hydrogen) atoms. The number of fused-ring (bicyclic) bond motifs is 2. The Hall–Kier alpha value is -4.60. The highest BCUT2D eigenvalue weighted by Crippen LogP contribution is 2.29. The van der Waals surface area contributed by atoms with Crippen molar-refractivity contribution in [3.05, 3.63) is 87.8 Å². The van der Waals surface area contributed by atoms with Gasteiger partial charge in [-0.25, -0.2) is 18.7 Å². The number of carbonyl (C=O) groups is 1. The van der Waals surface area contributed by atoms with Crippen molar-refractivity contribution in [3.63, 3.8) is 0 Å². The van der Waals surface area contributed by atoms with Crippen LogP contribution in [0.25, 0.3) is 32.9 Å². The summed E-state index contributed by atoms with van der Waals surface area (Å²) < 4.78 is 33.0. The second kappa shape index (κ2) is 7.83. The minimum atomic E-state index is -1.00. The molecule has 0 bridgehead atoms. The number of aromatic amines is 2. The maximum Gasteiger partial charge on any atom is 0.412 e. The molecule has 0 aliphatic carbocycles. The van der Waals surface area contributed by atoms with Crippen molar-refractivity contribution in [2.24, 2.45) is 5.73 Å². The molecule has 0 saturated heterocycles. The second-order valence-corrected chi connectivity index (χ2v) is 7.38. The summed E-state index contributed by atoms with van der Waals surface area (Å²) in [5.74, 6) is -0.962. The van der Waals surface area contributed by atoms with E-state index in [0.717, 1.165) is 11.6 Å². The first-order valence-electron chi connectivity index (χ1n) is 9.80. The van der Waals surface area contributed by atoms with Gasteiger partial charge in [-0.2, -0.15) is 10.1 Å². The van der Waals surface area contributed by atoms with Gasteiger partial charge in [-0.05, 0) is 53.6 Å². The van der Waals surface area contributed by atoms with Crippen molar-refractivity contribution in [2.75, 3.05) is 0 Å². The van der Waals surface area contributed by atoms with E-state index in [4.69, 9.17) is 10.5 Å². The van der Waals surface area contributed by atoms with Gasteiger partial charge >= 0.3 is 12.1 Å². The molecule has 0 unspecified atom stereocenters. The Kier molecular flexibility index (Phi) is 4.82. The van der Waals surface area contributed by atoms with Gasteiger partial charge in [-0.3, -0.25) is 4.79 Å². The fourth-order valence-corrected chi connectivity index (χ4v) is 3.72. The molecule has 5 aromatic rings. The number of ether oxygens (including phenoxy) is 1. The third kappa shape index (κ3) is 3.89. The van der Waals surface area contributed by atoms with E-state index in [1.54, 1.807) is 30.3 Å². The Balaban J connectivity index is 1.53. The molecule has 0 fully saturated rings. The fourth-order valence-electron chi connectivity index (χ4n) is 3.72. The molecule has 8 nitrogen and oxygen atoms in total. The topological polar surface area (TPSA) is 127 Å². The maximum atomic E-state index is 14.7. The Bertz CT molecular complexity index is 1610. The van der Waals surface area contributed by atoms with Crippen LogP contribution < -0.4 is 16.0 Å². The van der Waals surface area contributed by atoms with E-state index >= 15 is 0 Å². The number of hydrogen-bond donors (Lipinski definition) is 3. The number of benzene rings is 3. The van der Waals surface area contributed by atoms with E-state index in [1.807, 2.05) is 0 Å². The largest absolute Gasteiger partial charge is 0.412 e. The Morgan fingerprint density at radius 3 is 2.70 bits per heavy atom. The van der Waals surface area contributed by atoms with Crippen molar-refractivity contribution in [1.82, 2.24) is 20.2 Å². The summed E-state index contributed by atoms with van der Waals surface area (Å²) in [5.41, 5.74) is 7.71. The van der Waals surface area contributed by atoms with Crippen LogP contribution in [0.3, 0.4) is 0 Å². The number of halogens is 2. The maximum absolute atomic E-state index is 14.7. The van der Waals surface area contributed by atoms with Gasteiger partial charge in [0.1, 0.15) is 11.6 Å². The van der Waals surface area contributed by atoms with E-state index in [2.05, 4.69) is 20.2 Å². The molecule has 2 aromatic heterocycles. The van der Waals surface area contributed by atoms with Crippen LogP contribution in [0.4, 0.5) is 13.6 Å². The monoisotopic (exact) mass is 447 g/mol. The number of nitrogens with two attached hydrogens (primary N) is 1. The third-order valence-electron chi connectivity index (χ3n) is 5.20. The molecule has 2 heterocycles. The summed E-state index contributed by atoms with van der Waals surface area (Å²) >= 11 is 0. The first-order chi connectivity index (χ1) is 15.9. The third-order valence-corrected chi connectivity index (χ3v) is 5.20. The number of imidazole rings is 1. The molecule has 0 aliphatic rings. The minimum absolute atomic E-state index is 0.0590. The number of amides is 1. The average molecular weight is 447 g/mol. The van der Waals surface area contributed by atoms with Crippen LogP contribution in [0.5, 0.6) is 6.01 Å². The summed E-state index contributed by atoms with van der Waals surface area (Å²) in [5, 5.41) is 7.20. The van der Waals surface area contributed by atoms with Gasteiger partial charge < -0.3 is 15.5 Å². The zero-order valence-corrected chi connectivity index (χ0v) is 16.9. The van der Waals surface area contributed by atoms with Crippen LogP contribution in [0.15, 0.2) is 59.4 Å². The predicted molar refractivity (Wildman–Crippen MR) is 117 cm³/mol. The van der Waals surface area contributed by atoms with Crippen molar-refractivity contribution in [3.8, 4) is 17.1 Å². The zero-order valence-electron chi connectivity index (χ0n) is 16.9. The van der Waals surface area contributed by atoms with E-state index in [-0.39, 0.29) is 17.8 Å². The molecule has 164 valence electrons. The molecule has 10 heteroatoms. The summed E-state index contributed by atoms with van der Waals surface area (Å²) in [6, 6.07) is 13.5. The number of hydrogen-bond acceptors (Lipinski definition) is 5. The lowest BCUT2D eigenvalue weighted by Crippen LogP contribution is -2.16. The van der Waals surface area contributed by atoms with Crippen molar-refractivity contribution in [1.29, 1.82) is 0 Å². The van der Waals surface area contributed by atoms with Crippen molar-refractivity contribution < 1.29 is 18.3 Å². The summed E-state index contributed by atoms with van der Waals surface area (Å²) in [4.78, 5) is 29.9. The molecular weight excluding hydrogens is 432 g/mol. The van der Waals surface area contributed by atoms with Gasteiger partial charge in [0.05, 0.1) is 22.1 Å². The molecule has 0 spiro atoms. The molecule has 0 atom stereocenters. The highest BCUT2D eigenvalue weighted by atomic mass is 19.1. The first kappa shape index (κ1) is 20.3. The molecule has 3 aromatic carbocycles. The number of aromatic nitrogens is 4. The highest BCUT2D eigenvalue weighted by Gasteiger charge is 2.13. The standard InChI is InChI=1S/C23H15F2N5O3/c24-13-3-4-14-16(10-13)21(31)30-29-19(14)8-11-1-5-17(25)15(7-11)12-2-6-18-20(9-12)28-23(27-18)33-22(26)32/h1-7,9-10H,8H2,(H2,26,32)(H,27,28)(H,30,31). The fraction of sp³-hybridized carbons (Fsp3) is 0.0435. The molecule has 4 N–H and O–H groups in total. The van der Waals surface area contributed by atoms with Gasteiger partial charge in [0.15, 0.2) is 0 Å². The molecule has 5 rings (SSSR count). The quantitative estimate of drug-likeness (QED) is 0.386. The normalized spacial score (nSPS) is 11.2. The second-order valence-electron chi connectivity index (χ2n) is 7.38. The van der Waals surface area contributed by atoms with Gasteiger partial charge in [0.25, 0.3) is 5.56 Å². The van der Waals surface area contributed by atoms with Gasteiger partial charge in [0.2, 0.25) is 0 Å². The lowest BCUT2D eigenvalue weighted by atomic mass is 9.98. The van der Waals surface area contributed by atoms with Crippen LogP contribution in [0.2, 0.25) is 0 Å². The van der Waals surface area contributed by atoms with Gasteiger partial charge in [-0.1, -0.05) is 12.1 Å². The number of rotatable bonds is 4. The first-order valence-corrected chi connectivity index (χ1v) is 9.80. The van der Waals surface area contributed by atoms with E-state index in [0.29, 0.717) is 33.2 Å². The SMILES string of the molecule is NC(=O)Oc1nc2cc(-c3cc(Cc4n[nH]c(=O)c5cc(F)ccc45)ccc3F)ccc2[nH]1. The number of primary amides is 1. The van der Waals surface area contributed by atoms with Crippen LogP contribution in [-0.4, -0.2) is 26.3 Å². The lowest BCUT2D eigenvalue weighted by Gasteiger charge is -2.09. The average Bonchev–Trinajstić information content (AvgIpc) is 3.17. The number of nitrogens with zero attached hydrogens (tertiary/aromatic N) is 2. The molecule has 0 radical (unpaired) electrons. The van der Waals surface area contributed by atoms with E-state index in [9.17, 15) is 18.4 Å². The van der Waals surface area contributed by atoms with Crippen molar-refractivity contribution in [2.45, 2.75) is 6.42 Å². The summed E-state index contributed by atoms with van der Waals surface area (Å²) in [6.45, 7) is 0. The number of carbonyl (C=O) groups excluding carboxylic acids is 1. The van der Waals surface area contributed by atoms with Crippen LogP contribution >= 0.6 is 0 Å². The molecule has 0 saturated carbocycles. The minimum Gasteiger partial charge on any atom is -0.376 e. The van der Waals surface area contributed by atoms with Crippen LogP contribution in [0.1, 0.15) is 11.3 Å². The molecule has 1 amide bonds. The predicted octanol–water partition coefficient (Wildman–Crippen LogP) is 3.79. The van der Waals surface area contributed by atoms with Gasteiger partial charge in [-0.15, -0.1) is 0 Å².